The topological polar surface area (TPSA) is 34.0 Å². The predicted molar refractivity (Wildman–Crippen MR) is 77.0 cm³/mol. The molecule has 1 heterocycles. The Morgan fingerprint density at radius 1 is 1.39 bits per heavy atom. The van der Waals surface area contributed by atoms with Crippen LogP contribution in [0.2, 0.25) is 0 Å². The van der Waals surface area contributed by atoms with Crippen LogP contribution in [0.15, 0.2) is 23.1 Å². The van der Waals surface area contributed by atoms with Gasteiger partial charge in [0.1, 0.15) is 0 Å². The number of aryl methyl sites for hydroxylation is 1. The van der Waals surface area contributed by atoms with Gasteiger partial charge in [-0.05, 0) is 31.9 Å². The standard InChI is InChI=1S/C15H26N2O/c1-5-9-16-14(12(3)6-2)11-17-10-7-8-13(4)15(17)18/h7-8,10,12,14,16H,5-6,9,11H2,1-4H3. The number of hydrogen-bond donors (Lipinski definition) is 1. The molecule has 1 aromatic rings. The number of hydrogen-bond acceptors (Lipinski definition) is 2. The van der Waals surface area contributed by atoms with Crippen molar-refractivity contribution in [3.8, 4) is 0 Å². The van der Waals surface area contributed by atoms with Gasteiger partial charge in [-0.15, -0.1) is 0 Å². The smallest absolute Gasteiger partial charge is 0.253 e. The molecule has 0 radical (unpaired) electrons. The molecule has 1 rings (SSSR count). The molecule has 0 saturated heterocycles. The Hall–Kier alpha value is -1.09. The van der Waals surface area contributed by atoms with E-state index in [-0.39, 0.29) is 5.56 Å². The molecule has 3 nitrogen and oxygen atoms in total. The Kier molecular flexibility index (Phi) is 6.13. The average Bonchev–Trinajstić information content (AvgIpc) is 2.38. The van der Waals surface area contributed by atoms with Gasteiger partial charge in [-0.25, -0.2) is 0 Å². The molecule has 3 heteroatoms. The van der Waals surface area contributed by atoms with Crippen LogP contribution in [0.25, 0.3) is 0 Å². The molecule has 18 heavy (non-hydrogen) atoms. The normalized spacial score (nSPS) is 14.4. The summed E-state index contributed by atoms with van der Waals surface area (Å²) >= 11 is 0. The fourth-order valence-electron chi connectivity index (χ4n) is 2.07. The lowest BCUT2D eigenvalue weighted by Gasteiger charge is -2.25. The third kappa shape index (κ3) is 3.98. The van der Waals surface area contributed by atoms with Crippen LogP contribution in [-0.2, 0) is 6.54 Å². The van der Waals surface area contributed by atoms with Gasteiger partial charge in [-0.3, -0.25) is 4.79 Å². The van der Waals surface area contributed by atoms with Gasteiger partial charge in [0.25, 0.3) is 5.56 Å². The maximum atomic E-state index is 12.0. The maximum absolute atomic E-state index is 12.0. The van der Waals surface area contributed by atoms with Gasteiger partial charge in [0, 0.05) is 24.3 Å². The average molecular weight is 250 g/mol. The van der Waals surface area contributed by atoms with Gasteiger partial charge >= 0.3 is 0 Å². The van der Waals surface area contributed by atoms with Gasteiger partial charge in [0.05, 0.1) is 0 Å². The SMILES string of the molecule is CCCNC(Cn1cccc(C)c1=O)C(C)CC. The number of rotatable bonds is 7. The third-order valence-electron chi connectivity index (χ3n) is 3.59. The molecule has 0 fully saturated rings. The third-order valence-corrected chi connectivity index (χ3v) is 3.59. The Morgan fingerprint density at radius 2 is 2.11 bits per heavy atom. The minimum Gasteiger partial charge on any atom is -0.314 e. The van der Waals surface area contributed by atoms with E-state index in [9.17, 15) is 4.79 Å². The zero-order valence-electron chi connectivity index (χ0n) is 12.1. The number of nitrogens with zero attached hydrogens (tertiary/aromatic N) is 1. The first-order valence-corrected chi connectivity index (χ1v) is 6.99. The summed E-state index contributed by atoms with van der Waals surface area (Å²) in [5.41, 5.74) is 0.944. The van der Waals surface area contributed by atoms with Gasteiger partial charge < -0.3 is 9.88 Å². The minimum atomic E-state index is 0.129. The van der Waals surface area contributed by atoms with Gasteiger partial charge in [0.15, 0.2) is 0 Å². The van der Waals surface area contributed by atoms with Crippen molar-refractivity contribution in [3.05, 3.63) is 34.2 Å². The Balaban J connectivity index is 2.82. The molecule has 0 aliphatic rings. The van der Waals surface area contributed by atoms with E-state index in [0.717, 1.165) is 31.5 Å². The molecule has 0 bridgehead atoms. The molecule has 1 N–H and O–H groups in total. The molecule has 0 saturated carbocycles. The molecule has 2 unspecified atom stereocenters. The van der Waals surface area contributed by atoms with Crippen LogP contribution >= 0.6 is 0 Å². The first-order chi connectivity index (χ1) is 8.60. The maximum Gasteiger partial charge on any atom is 0.253 e. The van der Waals surface area contributed by atoms with Crippen LogP contribution in [0.5, 0.6) is 0 Å². The van der Waals surface area contributed by atoms with Crippen molar-refractivity contribution < 1.29 is 0 Å². The Labute approximate surface area is 110 Å². The Morgan fingerprint density at radius 3 is 2.72 bits per heavy atom. The van der Waals surface area contributed by atoms with Crippen molar-refractivity contribution in [1.29, 1.82) is 0 Å². The largest absolute Gasteiger partial charge is 0.314 e. The summed E-state index contributed by atoms with van der Waals surface area (Å²) in [6.07, 6.45) is 4.13. The lowest BCUT2D eigenvalue weighted by molar-refractivity contribution is 0.326. The van der Waals surface area contributed by atoms with Crippen LogP contribution in [-0.4, -0.2) is 17.2 Å². The molecule has 2 atom stereocenters. The monoisotopic (exact) mass is 250 g/mol. The summed E-state index contributed by atoms with van der Waals surface area (Å²) in [4.78, 5) is 12.0. The summed E-state index contributed by atoms with van der Waals surface area (Å²) in [7, 11) is 0. The molecule has 0 aliphatic carbocycles. The number of nitrogens with one attached hydrogen (secondary N) is 1. The molecule has 0 aliphatic heterocycles. The van der Waals surface area contributed by atoms with E-state index in [1.807, 2.05) is 29.8 Å². The van der Waals surface area contributed by atoms with E-state index in [1.165, 1.54) is 0 Å². The highest BCUT2D eigenvalue weighted by Crippen LogP contribution is 2.09. The van der Waals surface area contributed by atoms with Crippen molar-refractivity contribution in [1.82, 2.24) is 9.88 Å². The molecule has 0 aromatic carbocycles. The van der Waals surface area contributed by atoms with Crippen molar-refractivity contribution >= 4 is 0 Å². The summed E-state index contributed by atoms with van der Waals surface area (Å²) in [5.74, 6) is 0.573. The fraction of sp³-hybridized carbons (Fsp3) is 0.667. The molecular formula is C15H26N2O. The van der Waals surface area contributed by atoms with Crippen molar-refractivity contribution in [3.63, 3.8) is 0 Å². The van der Waals surface area contributed by atoms with E-state index in [1.54, 1.807) is 0 Å². The van der Waals surface area contributed by atoms with E-state index < -0.39 is 0 Å². The van der Waals surface area contributed by atoms with Crippen molar-refractivity contribution in [2.75, 3.05) is 6.54 Å². The van der Waals surface area contributed by atoms with Crippen LogP contribution in [0.3, 0.4) is 0 Å². The van der Waals surface area contributed by atoms with E-state index in [2.05, 4.69) is 26.1 Å². The number of pyridine rings is 1. The highest BCUT2D eigenvalue weighted by atomic mass is 16.1. The second kappa shape index (κ2) is 7.37. The van der Waals surface area contributed by atoms with Crippen LogP contribution in [0.4, 0.5) is 0 Å². The molecule has 1 aromatic heterocycles. The lowest BCUT2D eigenvalue weighted by Crippen LogP contribution is -2.41. The summed E-state index contributed by atoms with van der Waals surface area (Å²) in [5, 5.41) is 3.56. The predicted octanol–water partition coefficient (Wildman–Crippen LogP) is 2.57. The molecule has 0 amide bonds. The summed E-state index contributed by atoms with van der Waals surface area (Å²) in [6.45, 7) is 10.2. The second-order valence-corrected chi connectivity index (χ2v) is 5.09. The quantitative estimate of drug-likeness (QED) is 0.807. The summed E-state index contributed by atoms with van der Waals surface area (Å²) in [6, 6.07) is 4.19. The minimum absolute atomic E-state index is 0.129. The van der Waals surface area contributed by atoms with Crippen molar-refractivity contribution in [2.24, 2.45) is 5.92 Å². The summed E-state index contributed by atoms with van der Waals surface area (Å²) < 4.78 is 1.83. The number of aromatic nitrogens is 1. The van der Waals surface area contributed by atoms with Crippen LogP contribution in [0, 0.1) is 12.8 Å². The first kappa shape index (κ1) is 15.0. The zero-order valence-corrected chi connectivity index (χ0v) is 12.1. The van der Waals surface area contributed by atoms with Crippen LogP contribution < -0.4 is 10.9 Å². The molecule has 102 valence electrons. The fourth-order valence-corrected chi connectivity index (χ4v) is 2.07. The molecule has 0 spiro atoms. The van der Waals surface area contributed by atoms with E-state index in [4.69, 9.17) is 0 Å². The van der Waals surface area contributed by atoms with Gasteiger partial charge in [-0.2, -0.15) is 0 Å². The van der Waals surface area contributed by atoms with Gasteiger partial charge in [-0.1, -0.05) is 33.3 Å². The lowest BCUT2D eigenvalue weighted by atomic mass is 9.99. The second-order valence-electron chi connectivity index (χ2n) is 5.09. The van der Waals surface area contributed by atoms with Crippen molar-refractivity contribution in [2.45, 2.75) is 53.1 Å². The van der Waals surface area contributed by atoms with E-state index >= 15 is 0 Å². The highest BCUT2D eigenvalue weighted by molar-refractivity contribution is 5.07. The zero-order chi connectivity index (χ0) is 13.5. The molecular weight excluding hydrogens is 224 g/mol. The van der Waals surface area contributed by atoms with Crippen LogP contribution in [0.1, 0.15) is 39.2 Å². The highest BCUT2D eigenvalue weighted by Gasteiger charge is 2.16. The van der Waals surface area contributed by atoms with E-state index in [0.29, 0.717) is 12.0 Å². The Bertz CT molecular complexity index is 411. The first-order valence-electron chi connectivity index (χ1n) is 6.99. The van der Waals surface area contributed by atoms with Gasteiger partial charge in [0.2, 0.25) is 0 Å².